The van der Waals surface area contributed by atoms with Crippen LogP contribution in [0.5, 0.6) is 0 Å². The second kappa shape index (κ2) is 6.10. The molecule has 0 unspecified atom stereocenters. The lowest BCUT2D eigenvalue weighted by Crippen LogP contribution is -2.08. The van der Waals surface area contributed by atoms with Gasteiger partial charge in [-0.1, -0.05) is 6.07 Å². The molecule has 7 heteroatoms. The van der Waals surface area contributed by atoms with Crippen LogP contribution >= 0.6 is 0 Å². The molecule has 23 heavy (non-hydrogen) atoms. The van der Waals surface area contributed by atoms with Gasteiger partial charge in [-0.05, 0) is 30.3 Å². The first-order valence-electron chi connectivity index (χ1n) is 6.75. The molecule has 114 valence electrons. The molecule has 2 aromatic heterocycles. The summed E-state index contributed by atoms with van der Waals surface area (Å²) in [6, 6.07) is 10.7. The van der Waals surface area contributed by atoms with Crippen molar-refractivity contribution in [1.82, 2.24) is 15.0 Å². The first-order chi connectivity index (χ1) is 11.1. The number of benzene rings is 1. The third-order valence-electron chi connectivity index (χ3n) is 3.03. The fourth-order valence-electron chi connectivity index (χ4n) is 2.04. The van der Waals surface area contributed by atoms with Gasteiger partial charge in [0, 0.05) is 24.0 Å². The van der Waals surface area contributed by atoms with Crippen LogP contribution in [-0.2, 0) is 9.59 Å². The molecule has 0 saturated carbocycles. The molecule has 1 amide bonds. The van der Waals surface area contributed by atoms with E-state index in [9.17, 15) is 9.59 Å². The normalized spacial score (nSPS) is 11.0. The Morgan fingerprint density at radius 1 is 1.17 bits per heavy atom. The molecular formula is C16H12N4O3. The number of carbonyl (C=O) groups is 2. The van der Waals surface area contributed by atoms with E-state index in [1.807, 2.05) is 18.2 Å². The fourth-order valence-corrected chi connectivity index (χ4v) is 2.04. The molecule has 0 fully saturated rings. The van der Waals surface area contributed by atoms with Gasteiger partial charge in [-0.3, -0.25) is 9.78 Å². The van der Waals surface area contributed by atoms with Crippen LogP contribution in [0.15, 0.2) is 54.7 Å². The number of imidazole rings is 1. The van der Waals surface area contributed by atoms with Crippen LogP contribution in [-0.4, -0.2) is 31.9 Å². The molecule has 2 heterocycles. The number of amides is 1. The Balaban J connectivity index is 1.85. The van der Waals surface area contributed by atoms with E-state index in [-0.39, 0.29) is 0 Å². The molecule has 0 radical (unpaired) electrons. The summed E-state index contributed by atoms with van der Waals surface area (Å²) in [6.45, 7) is 0. The number of fused-ring (bicyclic) bond motifs is 1. The molecule has 0 bridgehead atoms. The van der Waals surface area contributed by atoms with Crippen molar-refractivity contribution in [2.24, 2.45) is 0 Å². The first kappa shape index (κ1) is 14.5. The third kappa shape index (κ3) is 3.41. The van der Waals surface area contributed by atoms with E-state index < -0.39 is 11.9 Å². The predicted octanol–water partition coefficient (Wildman–Crippen LogP) is 2.20. The minimum absolute atomic E-state index is 0.517. The zero-order chi connectivity index (χ0) is 16.2. The number of nitrogens with zero attached hydrogens (tertiary/aromatic N) is 2. The number of anilines is 1. The average Bonchev–Trinajstić information content (AvgIpc) is 2.97. The lowest BCUT2D eigenvalue weighted by molar-refractivity contribution is -0.131. The Labute approximate surface area is 130 Å². The minimum Gasteiger partial charge on any atom is -0.478 e. The van der Waals surface area contributed by atoms with Crippen molar-refractivity contribution in [1.29, 1.82) is 0 Å². The lowest BCUT2D eigenvalue weighted by Gasteiger charge is -2.01. The average molecular weight is 308 g/mol. The largest absolute Gasteiger partial charge is 0.478 e. The highest BCUT2D eigenvalue weighted by Crippen LogP contribution is 2.21. The summed E-state index contributed by atoms with van der Waals surface area (Å²) < 4.78 is 0. The number of aromatic nitrogens is 3. The lowest BCUT2D eigenvalue weighted by atomic mass is 10.2. The van der Waals surface area contributed by atoms with Crippen LogP contribution < -0.4 is 5.32 Å². The number of carboxylic acids is 1. The molecule has 0 aliphatic rings. The Kier molecular flexibility index (Phi) is 3.84. The Hall–Kier alpha value is -3.48. The highest BCUT2D eigenvalue weighted by molar-refractivity contribution is 6.03. The van der Waals surface area contributed by atoms with Crippen molar-refractivity contribution >= 4 is 28.6 Å². The minimum atomic E-state index is -1.18. The summed E-state index contributed by atoms with van der Waals surface area (Å²) in [5.41, 5.74) is 2.74. The van der Waals surface area contributed by atoms with E-state index in [4.69, 9.17) is 5.11 Å². The SMILES string of the molecule is O=C(O)/C=C\C(=O)Nc1ccc2nc(-c3ccccn3)[nH]c2c1. The maximum Gasteiger partial charge on any atom is 0.328 e. The molecule has 0 aliphatic carbocycles. The molecule has 0 aliphatic heterocycles. The maximum atomic E-state index is 11.6. The Morgan fingerprint density at radius 2 is 2.04 bits per heavy atom. The van der Waals surface area contributed by atoms with Crippen LogP contribution in [0.25, 0.3) is 22.6 Å². The van der Waals surface area contributed by atoms with E-state index >= 15 is 0 Å². The molecule has 3 N–H and O–H groups in total. The topological polar surface area (TPSA) is 108 Å². The van der Waals surface area contributed by atoms with Gasteiger partial charge in [0.05, 0.1) is 11.0 Å². The molecular weight excluding hydrogens is 296 g/mol. The van der Waals surface area contributed by atoms with E-state index in [1.54, 1.807) is 24.4 Å². The van der Waals surface area contributed by atoms with Gasteiger partial charge in [0.2, 0.25) is 5.91 Å². The Bertz CT molecular complexity index is 900. The summed E-state index contributed by atoms with van der Waals surface area (Å²) >= 11 is 0. The molecule has 0 atom stereocenters. The van der Waals surface area contributed by atoms with E-state index in [1.165, 1.54) is 0 Å². The summed E-state index contributed by atoms with van der Waals surface area (Å²) in [5, 5.41) is 11.1. The predicted molar refractivity (Wildman–Crippen MR) is 84.7 cm³/mol. The standard InChI is InChI=1S/C16H12N4O3/c21-14(6-7-15(22)23)18-10-4-5-11-13(9-10)20-16(19-11)12-3-1-2-8-17-12/h1-9H,(H,18,21)(H,19,20)(H,22,23)/b7-6-. The first-order valence-corrected chi connectivity index (χ1v) is 6.75. The fraction of sp³-hybridized carbons (Fsp3) is 0. The second-order valence-electron chi connectivity index (χ2n) is 4.69. The van der Waals surface area contributed by atoms with Gasteiger partial charge in [-0.2, -0.15) is 0 Å². The molecule has 7 nitrogen and oxygen atoms in total. The molecule has 0 spiro atoms. The molecule has 3 rings (SSSR count). The number of nitrogens with one attached hydrogen (secondary N) is 2. The van der Waals surface area contributed by atoms with Gasteiger partial charge in [0.15, 0.2) is 5.82 Å². The second-order valence-corrected chi connectivity index (χ2v) is 4.69. The summed E-state index contributed by atoms with van der Waals surface area (Å²) in [5.74, 6) is -1.06. The molecule has 0 saturated heterocycles. The van der Waals surface area contributed by atoms with Crippen LogP contribution in [0.3, 0.4) is 0 Å². The summed E-state index contributed by atoms with van der Waals surface area (Å²) in [4.78, 5) is 33.8. The monoisotopic (exact) mass is 308 g/mol. The summed E-state index contributed by atoms with van der Waals surface area (Å²) in [6.07, 6.45) is 3.42. The van der Waals surface area contributed by atoms with E-state index in [0.29, 0.717) is 11.5 Å². The van der Waals surface area contributed by atoms with Crippen molar-refractivity contribution in [2.75, 3.05) is 5.32 Å². The van der Waals surface area contributed by atoms with Crippen molar-refractivity contribution in [3.8, 4) is 11.5 Å². The number of aliphatic carboxylic acids is 1. The maximum absolute atomic E-state index is 11.6. The van der Waals surface area contributed by atoms with Crippen LogP contribution in [0.1, 0.15) is 0 Å². The van der Waals surface area contributed by atoms with Crippen molar-refractivity contribution in [2.45, 2.75) is 0 Å². The van der Waals surface area contributed by atoms with Crippen LogP contribution in [0, 0.1) is 0 Å². The van der Waals surface area contributed by atoms with E-state index in [2.05, 4.69) is 20.3 Å². The number of carbonyl (C=O) groups excluding carboxylic acids is 1. The van der Waals surface area contributed by atoms with Gasteiger partial charge < -0.3 is 15.4 Å². The van der Waals surface area contributed by atoms with Crippen LogP contribution in [0.2, 0.25) is 0 Å². The number of aromatic amines is 1. The Morgan fingerprint density at radius 3 is 2.78 bits per heavy atom. The van der Waals surface area contributed by atoms with E-state index in [0.717, 1.165) is 28.9 Å². The van der Waals surface area contributed by atoms with Crippen molar-refractivity contribution < 1.29 is 14.7 Å². The number of hydrogen-bond donors (Lipinski definition) is 3. The van der Waals surface area contributed by atoms with Gasteiger partial charge in [-0.25, -0.2) is 9.78 Å². The van der Waals surface area contributed by atoms with Gasteiger partial charge in [0.1, 0.15) is 5.69 Å². The zero-order valence-corrected chi connectivity index (χ0v) is 11.9. The number of H-pyrrole nitrogens is 1. The molecule has 1 aromatic carbocycles. The van der Waals surface area contributed by atoms with Crippen molar-refractivity contribution in [3.63, 3.8) is 0 Å². The zero-order valence-electron chi connectivity index (χ0n) is 11.9. The van der Waals surface area contributed by atoms with Crippen molar-refractivity contribution in [3.05, 3.63) is 54.7 Å². The molecule has 3 aromatic rings. The smallest absolute Gasteiger partial charge is 0.328 e. The van der Waals surface area contributed by atoms with Gasteiger partial charge >= 0.3 is 5.97 Å². The number of carboxylic acid groups (broad SMARTS) is 1. The van der Waals surface area contributed by atoms with Gasteiger partial charge in [-0.15, -0.1) is 0 Å². The number of hydrogen-bond acceptors (Lipinski definition) is 4. The third-order valence-corrected chi connectivity index (χ3v) is 3.03. The highest BCUT2D eigenvalue weighted by atomic mass is 16.4. The quantitative estimate of drug-likeness (QED) is 0.640. The number of rotatable bonds is 4. The summed E-state index contributed by atoms with van der Waals surface area (Å²) in [7, 11) is 0. The van der Waals surface area contributed by atoms with Gasteiger partial charge in [0.25, 0.3) is 0 Å². The number of pyridine rings is 1. The van der Waals surface area contributed by atoms with Crippen LogP contribution in [0.4, 0.5) is 5.69 Å². The highest BCUT2D eigenvalue weighted by Gasteiger charge is 2.07.